The number of hydrogen-bond acceptors (Lipinski definition) is 5. The molecule has 0 fully saturated rings. The van der Waals surface area contributed by atoms with Crippen LogP contribution in [-0.4, -0.2) is 39.2 Å². The van der Waals surface area contributed by atoms with Gasteiger partial charge in [-0.05, 0) is 30.3 Å². The van der Waals surface area contributed by atoms with Gasteiger partial charge in [-0.3, -0.25) is 9.59 Å². The summed E-state index contributed by atoms with van der Waals surface area (Å²) in [6.45, 7) is 0.670. The molecule has 0 unspecified atom stereocenters. The Labute approximate surface area is 152 Å². The van der Waals surface area contributed by atoms with E-state index in [1.54, 1.807) is 44.6 Å². The van der Waals surface area contributed by atoms with Crippen molar-refractivity contribution in [3.8, 4) is 17.2 Å². The first kappa shape index (κ1) is 19.1. The maximum atomic E-state index is 11.8. The molecule has 0 aliphatic rings. The number of rotatable bonds is 8. The molecule has 2 aromatic carbocycles. The third-order valence-corrected chi connectivity index (χ3v) is 3.55. The second-order valence-electron chi connectivity index (χ2n) is 5.27. The zero-order valence-corrected chi connectivity index (χ0v) is 14.8. The molecule has 0 saturated heterocycles. The lowest BCUT2D eigenvalue weighted by Gasteiger charge is -2.10. The number of benzene rings is 2. The van der Waals surface area contributed by atoms with Gasteiger partial charge >= 0.3 is 11.8 Å². The van der Waals surface area contributed by atoms with E-state index in [1.165, 1.54) is 0 Å². The van der Waals surface area contributed by atoms with Crippen molar-refractivity contribution in [1.82, 2.24) is 10.6 Å². The van der Waals surface area contributed by atoms with E-state index in [9.17, 15) is 9.59 Å². The highest BCUT2D eigenvalue weighted by atomic mass is 16.5. The Morgan fingerprint density at radius 2 is 1.50 bits per heavy atom. The molecule has 7 nitrogen and oxygen atoms in total. The highest BCUT2D eigenvalue weighted by Gasteiger charge is 2.13. The van der Waals surface area contributed by atoms with Gasteiger partial charge < -0.3 is 24.8 Å². The van der Waals surface area contributed by atoms with Gasteiger partial charge in [-0.1, -0.05) is 18.2 Å². The quantitative estimate of drug-likeness (QED) is 0.552. The van der Waals surface area contributed by atoms with Crippen LogP contribution in [0, 0.1) is 0 Å². The third kappa shape index (κ3) is 5.70. The van der Waals surface area contributed by atoms with Gasteiger partial charge in [0.15, 0.2) is 0 Å². The van der Waals surface area contributed by atoms with Gasteiger partial charge in [0.2, 0.25) is 0 Å². The minimum Gasteiger partial charge on any atom is -0.497 e. The Bertz CT molecular complexity index is 731. The first-order valence-electron chi connectivity index (χ1n) is 8.09. The Kier molecular flexibility index (Phi) is 7.30. The fourth-order valence-electron chi connectivity index (χ4n) is 2.19. The lowest BCUT2D eigenvalue weighted by Crippen LogP contribution is -2.41. The molecule has 2 aromatic rings. The summed E-state index contributed by atoms with van der Waals surface area (Å²) in [5.74, 6) is 0.623. The fourth-order valence-corrected chi connectivity index (χ4v) is 2.19. The van der Waals surface area contributed by atoms with Crippen LogP contribution in [-0.2, 0) is 16.1 Å². The summed E-state index contributed by atoms with van der Waals surface area (Å²) in [4.78, 5) is 23.6. The highest BCUT2D eigenvalue weighted by molar-refractivity contribution is 6.35. The predicted molar refractivity (Wildman–Crippen MR) is 96.3 cm³/mol. The molecule has 26 heavy (non-hydrogen) atoms. The molecule has 7 heteroatoms. The number of carbonyl (C=O) groups excluding carboxylic acids is 2. The SMILES string of the molecule is COc1ccc(OCCNC(=O)C(=O)NCc2ccccc2OC)cc1. The second kappa shape index (κ2) is 9.93. The molecule has 2 N–H and O–H groups in total. The molecule has 0 saturated carbocycles. The molecular formula is C19H22N2O5. The van der Waals surface area contributed by atoms with Gasteiger partial charge in [0.25, 0.3) is 0 Å². The molecule has 0 atom stereocenters. The summed E-state index contributed by atoms with van der Waals surface area (Å²) in [6, 6.07) is 14.4. The van der Waals surface area contributed by atoms with Gasteiger partial charge in [-0.2, -0.15) is 0 Å². The number of amides is 2. The Balaban J connectivity index is 1.69. The van der Waals surface area contributed by atoms with Crippen LogP contribution in [0.25, 0.3) is 0 Å². The maximum Gasteiger partial charge on any atom is 0.309 e. The van der Waals surface area contributed by atoms with E-state index >= 15 is 0 Å². The van der Waals surface area contributed by atoms with E-state index in [0.717, 1.165) is 11.3 Å². The molecule has 0 aliphatic heterocycles. The summed E-state index contributed by atoms with van der Waals surface area (Å²) in [5.41, 5.74) is 0.791. The monoisotopic (exact) mass is 358 g/mol. The maximum absolute atomic E-state index is 11.8. The average molecular weight is 358 g/mol. The molecule has 0 heterocycles. The van der Waals surface area contributed by atoms with Gasteiger partial charge in [-0.25, -0.2) is 0 Å². The van der Waals surface area contributed by atoms with Crippen LogP contribution in [0.15, 0.2) is 48.5 Å². The van der Waals surface area contributed by atoms with E-state index in [2.05, 4.69) is 10.6 Å². The zero-order valence-electron chi connectivity index (χ0n) is 14.8. The van der Waals surface area contributed by atoms with Crippen LogP contribution in [0.2, 0.25) is 0 Å². The summed E-state index contributed by atoms with van der Waals surface area (Å²) < 4.78 is 15.7. The normalized spacial score (nSPS) is 9.92. The summed E-state index contributed by atoms with van der Waals surface area (Å²) in [5, 5.41) is 5.07. The van der Waals surface area contributed by atoms with Crippen LogP contribution in [0.5, 0.6) is 17.2 Å². The van der Waals surface area contributed by atoms with E-state index in [4.69, 9.17) is 14.2 Å². The summed E-state index contributed by atoms with van der Waals surface area (Å²) >= 11 is 0. The largest absolute Gasteiger partial charge is 0.497 e. The van der Waals surface area contributed by atoms with E-state index in [1.807, 2.05) is 18.2 Å². The number of carbonyl (C=O) groups is 2. The molecule has 0 bridgehead atoms. The lowest BCUT2D eigenvalue weighted by molar-refractivity contribution is -0.139. The first-order valence-corrected chi connectivity index (χ1v) is 8.09. The average Bonchev–Trinajstić information content (AvgIpc) is 2.69. The number of hydrogen-bond donors (Lipinski definition) is 2. The predicted octanol–water partition coefficient (Wildman–Crippen LogP) is 1.52. The van der Waals surface area contributed by atoms with Crippen LogP contribution in [0.4, 0.5) is 0 Å². The molecule has 0 aliphatic carbocycles. The molecule has 2 amide bonds. The molecular weight excluding hydrogens is 336 g/mol. The highest BCUT2D eigenvalue weighted by Crippen LogP contribution is 2.17. The van der Waals surface area contributed by atoms with Crippen molar-refractivity contribution in [1.29, 1.82) is 0 Å². The van der Waals surface area contributed by atoms with Crippen molar-refractivity contribution < 1.29 is 23.8 Å². The van der Waals surface area contributed by atoms with E-state index in [-0.39, 0.29) is 19.7 Å². The van der Waals surface area contributed by atoms with Crippen molar-refractivity contribution >= 4 is 11.8 Å². The Hall–Kier alpha value is -3.22. The Morgan fingerprint density at radius 1 is 0.846 bits per heavy atom. The van der Waals surface area contributed by atoms with Gasteiger partial charge in [0.05, 0.1) is 20.8 Å². The molecule has 2 rings (SSSR count). The minimum absolute atomic E-state index is 0.207. The van der Waals surface area contributed by atoms with Crippen LogP contribution < -0.4 is 24.8 Å². The van der Waals surface area contributed by atoms with Gasteiger partial charge in [-0.15, -0.1) is 0 Å². The third-order valence-electron chi connectivity index (χ3n) is 3.55. The Morgan fingerprint density at radius 3 is 2.19 bits per heavy atom. The summed E-state index contributed by atoms with van der Waals surface area (Å²) in [6.07, 6.45) is 0. The number of methoxy groups -OCH3 is 2. The molecule has 0 radical (unpaired) electrons. The molecule has 0 spiro atoms. The van der Waals surface area contributed by atoms with Crippen LogP contribution in [0.1, 0.15) is 5.56 Å². The topological polar surface area (TPSA) is 85.9 Å². The van der Waals surface area contributed by atoms with E-state index < -0.39 is 11.8 Å². The van der Waals surface area contributed by atoms with Crippen molar-refractivity contribution in [3.63, 3.8) is 0 Å². The minimum atomic E-state index is -0.710. The van der Waals surface area contributed by atoms with Gasteiger partial charge in [0.1, 0.15) is 23.9 Å². The van der Waals surface area contributed by atoms with Crippen LogP contribution >= 0.6 is 0 Å². The van der Waals surface area contributed by atoms with Gasteiger partial charge in [0, 0.05) is 12.1 Å². The smallest absolute Gasteiger partial charge is 0.309 e. The van der Waals surface area contributed by atoms with Crippen LogP contribution in [0.3, 0.4) is 0 Å². The number of ether oxygens (including phenoxy) is 3. The van der Waals surface area contributed by atoms with Crippen molar-refractivity contribution in [3.05, 3.63) is 54.1 Å². The molecule has 0 aromatic heterocycles. The summed E-state index contributed by atoms with van der Waals surface area (Å²) in [7, 11) is 3.14. The first-order chi connectivity index (χ1) is 12.6. The van der Waals surface area contributed by atoms with Crippen molar-refractivity contribution in [2.24, 2.45) is 0 Å². The molecule has 138 valence electrons. The number of nitrogens with one attached hydrogen (secondary N) is 2. The zero-order chi connectivity index (χ0) is 18.8. The lowest BCUT2D eigenvalue weighted by atomic mass is 10.2. The fraction of sp³-hybridized carbons (Fsp3) is 0.263. The van der Waals surface area contributed by atoms with E-state index in [0.29, 0.717) is 11.5 Å². The standard InChI is InChI=1S/C19H22N2O5/c1-24-15-7-9-16(10-8-15)26-12-11-20-18(22)19(23)21-13-14-5-3-4-6-17(14)25-2/h3-10H,11-13H2,1-2H3,(H,20,22)(H,21,23). The number of para-hydroxylation sites is 1. The second-order valence-corrected chi connectivity index (χ2v) is 5.27. The van der Waals surface area contributed by atoms with Crippen molar-refractivity contribution in [2.75, 3.05) is 27.4 Å². The van der Waals surface area contributed by atoms with Crippen molar-refractivity contribution in [2.45, 2.75) is 6.54 Å².